The average molecular weight is 258 g/mol. The molecule has 1 fully saturated rings. The van der Waals surface area contributed by atoms with Crippen molar-refractivity contribution in [3.8, 4) is 0 Å². The Morgan fingerprint density at radius 3 is 3.00 bits per heavy atom. The van der Waals surface area contributed by atoms with Crippen LogP contribution in [0.25, 0.3) is 11.0 Å². The Kier molecular flexibility index (Phi) is 3.19. The molecular formula is C15H22N4. The fourth-order valence-corrected chi connectivity index (χ4v) is 3.06. The van der Waals surface area contributed by atoms with Crippen LogP contribution in [0.5, 0.6) is 0 Å². The number of nitrogens with zero attached hydrogens (tertiary/aromatic N) is 3. The standard InChI is InChI=1S/C15H22N4/c1-3-18-7-6-12(9-18)10-19-14-5-4-11(2)8-13(14)17-15(19)16/h4-5,8,12H,3,6-7,9-10H2,1-2H3,(H2,16,17). The van der Waals surface area contributed by atoms with E-state index in [1.165, 1.54) is 25.1 Å². The number of anilines is 1. The Morgan fingerprint density at radius 1 is 1.42 bits per heavy atom. The van der Waals surface area contributed by atoms with E-state index in [1.807, 2.05) is 0 Å². The molecule has 1 atom stereocenters. The molecule has 0 bridgehead atoms. The van der Waals surface area contributed by atoms with E-state index < -0.39 is 0 Å². The van der Waals surface area contributed by atoms with E-state index in [-0.39, 0.29) is 0 Å². The highest BCUT2D eigenvalue weighted by molar-refractivity contribution is 5.79. The zero-order valence-corrected chi connectivity index (χ0v) is 11.8. The minimum absolute atomic E-state index is 0.649. The largest absolute Gasteiger partial charge is 0.369 e. The number of nitrogens with two attached hydrogens (primary N) is 1. The molecule has 1 aliphatic rings. The summed E-state index contributed by atoms with van der Waals surface area (Å²) in [6, 6.07) is 6.38. The van der Waals surface area contributed by atoms with Gasteiger partial charge in [-0.2, -0.15) is 0 Å². The molecule has 0 spiro atoms. The van der Waals surface area contributed by atoms with Crippen molar-refractivity contribution in [1.29, 1.82) is 0 Å². The van der Waals surface area contributed by atoms with Gasteiger partial charge >= 0.3 is 0 Å². The van der Waals surface area contributed by atoms with Crippen molar-refractivity contribution in [3.05, 3.63) is 23.8 Å². The Balaban J connectivity index is 1.86. The lowest BCUT2D eigenvalue weighted by Crippen LogP contribution is -2.21. The summed E-state index contributed by atoms with van der Waals surface area (Å²) >= 11 is 0. The maximum absolute atomic E-state index is 6.09. The minimum Gasteiger partial charge on any atom is -0.369 e. The summed E-state index contributed by atoms with van der Waals surface area (Å²) in [6.45, 7) is 8.85. The maximum atomic E-state index is 6.09. The number of aryl methyl sites for hydroxylation is 1. The van der Waals surface area contributed by atoms with Crippen LogP contribution >= 0.6 is 0 Å². The van der Waals surface area contributed by atoms with Crippen LogP contribution in [0.15, 0.2) is 18.2 Å². The molecule has 4 nitrogen and oxygen atoms in total. The second kappa shape index (κ2) is 4.85. The van der Waals surface area contributed by atoms with Crippen LogP contribution in [0.2, 0.25) is 0 Å². The summed E-state index contributed by atoms with van der Waals surface area (Å²) in [7, 11) is 0. The summed E-state index contributed by atoms with van der Waals surface area (Å²) in [5.74, 6) is 1.34. The molecule has 1 aromatic heterocycles. The lowest BCUT2D eigenvalue weighted by molar-refractivity contribution is 0.334. The maximum Gasteiger partial charge on any atom is 0.201 e. The lowest BCUT2D eigenvalue weighted by Gasteiger charge is -2.14. The zero-order chi connectivity index (χ0) is 13.4. The van der Waals surface area contributed by atoms with Gasteiger partial charge in [0, 0.05) is 13.1 Å². The Morgan fingerprint density at radius 2 is 2.26 bits per heavy atom. The highest BCUT2D eigenvalue weighted by Crippen LogP contribution is 2.24. The van der Waals surface area contributed by atoms with Crippen LogP contribution < -0.4 is 5.73 Å². The molecule has 1 saturated heterocycles. The molecule has 2 N–H and O–H groups in total. The van der Waals surface area contributed by atoms with E-state index in [9.17, 15) is 0 Å². The van der Waals surface area contributed by atoms with Crippen LogP contribution in [0.4, 0.5) is 5.95 Å². The Bertz CT molecular complexity index is 587. The number of nitrogen functional groups attached to an aromatic ring is 1. The Labute approximate surface area is 114 Å². The molecule has 0 saturated carbocycles. The molecule has 19 heavy (non-hydrogen) atoms. The second-order valence-corrected chi connectivity index (χ2v) is 5.62. The van der Waals surface area contributed by atoms with E-state index >= 15 is 0 Å². The highest BCUT2D eigenvalue weighted by atomic mass is 15.2. The van der Waals surface area contributed by atoms with Gasteiger partial charge in [0.1, 0.15) is 0 Å². The number of aromatic nitrogens is 2. The van der Waals surface area contributed by atoms with Crippen LogP contribution in [0.1, 0.15) is 18.9 Å². The molecule has 2 aromatic rings. The molecule has 2 heterocycles. The van der Waals surface area contributed by atoms with Crippen LogP contribution in [0, 0.1) is 12.8 Å². The fourth-order valence-electron chi connectivity index (χ4n) is 3.06. The Hall–Kier alpha value is -1.55. The van der Waals surface area contributed by atoms with Crippen molar-refractivity contribution in [1.82, 2.24) is 14.5 Å². The van der Waals surface area contributed by atoms with Crippen molar-refractivity contribution in [3.63, 3.8) is 0 Å². The molecule has 0 amide bonds. The van der Waals surface area contributed by atoms with Crippen LogP contribution in [0.3, 0.4) is 0 Å². The lowest BCUT2D eigenvalue weighted by atomic mass is 10.1. The molecule has 1 aliphatic heterocycles. The third-order valence-corrected chi connectivity index (χ3v) is 4.19. The van der Waals surface area contributed by atoms with Crippen molar-refractivity contribution < 1.29 is 0 Å². The summed E-state index contributed by atoms with van der Waals surface area (Å²) in [4.78, 5) is 6.99. The first-order valence-electron chi connectivity index (χ1n) is 7.12. The first kappa shape index (κ1) is 12.5. The van der Waals surface area contributed by atoms with E-state index in [1.54, 1.807) is 0 Å². The van der Waals surface area contributed by atoms with E-state index in [0.717, 1.165) is 24.1 Å². The normalized spacial score (nSPS) is 20.4. The number of benzene rings is 1. The second-order valence-electron chi connectivity index (χ2n) is 5.62. The predicted molar refractivity (Wildman–Crippen MR) is 79.1 cm³/mol. The predicted octanol–water partition coefficient (Wildman–Crippen LogP) is 2.27. The van der Waals surface area contributed by atoms with Crippen molar-refractivity contribution in [2.45, 2.75) is 26.8 Å². The van der Waals surface area contributed by atoms with Gasteiger partial charge in [-0.15, -0.1) is 0 Å². The van der Waals surface area contributed by atoms with Crippen LogP contribution in [-0.2, 0) is 6.54 Å². The smallest absolute Gasteiger partial charge is 0.201 e. The molecule has 102 valence electrons. The van der Waals surface area contributed by atoms with Gasteiger partial charge < -0.3 is 15.2 Å². The van der Waals surface area contributed by atoms with Gasteiger partial charge in [-0.25, -0.2) is 4.98 Å². The fraction of sp³-hybridized carbons (Fsp3) is 0.533. The third kappa shape index (κ3) is 2.32. The summed E-state index contributed by atoms with van der Waals surface area (Å²) in [5, 5.41) is 0. The SMILES string of the molecule is CCN1CCC(Cn2c(N)nc3cc(C)ccc32)C1. The van der Waals surface area contributed by atoms with Gasteiger partial charge in [0.2, 0.25) is 5.95 Å². The quantitative estimate of drug-likeness (QED) is 0.918. The minimum atomic E-state index is 0.649. The number of imidazole rings is 1. The molecule has 1 unspecified atom stereocenters. The molecule has 3 rings (SSSR count). The first-order chi connectivity index (χ1) is 9.17. The van der Waals surface area contributed by atoms with Gasteiger partial charge in [-0.05, 0) is 50.0 Å². The number of hydrogen-bond acceptors (Lipinski definition) is 3. The topological polar surface area (TPSA) is 47.1 Å². The highest BCUT2D eigenvalue weighted by Gasteiger charge is 2.22. The molecule has 0 radical (unpaired) electrons. The van der Waals surface area contributed by atoms with E-state index in [4.69, 9.17) is 5.73 Å². The third-order valence-electron chi connectivity index (χ3n) is 4.19. The monoisotopic (exact) mass is 258 g/mol. The average Bonchev–Trinajstić information content (AvgIpc) is 2.95. The van der Waals surface area contributed by atoms with Gasteiger partial charge in [0.15, 0.2) is 0 Å². The van der Waals surface area contributed by atoms with Gasteiger partial charge in [0.05, 0.1) is 11.0 Å². The number of fused-ring (bicyclic) bond motifs is 1. The van der Waals surface area contributed by atoms with Gasteiger partial charge in [-0.3, -0.25) is 0 Å². The summed E-state index contributed by atoms with van der Waals surface area (Å²) < 4.78 is 2.18. The molecule has 1 aromatic carbocycles. The number of likely N-dealkylation sites (tertiary alicyclic amines) is 1. The van der Waals surface area contributed by atoms with E-state index in [0.29, 0.717) is 11.9 Å². The zero-order valence-electron chi connectivity index (χ0n) is 11.8. The van der Waals surface area contributed by atoms with Crippen molar-refractivity contribution in [2.24, 2.45) is 5.92 Å². The van der Waals surface area contributed by atoms with Crippen molar-refractivity contribution in [2.75, 3.05) is 25.4 Å². The first-order valence-corrected chi connectivity index (χ1v) is 7.12. The van der Waals surface area contributed by atoms with Gasteiger partial charge in [-0.1, -0.05) is 13.0 Å². The van der Waals surface area contributed by atoms with Crippen molar-refractivity contribution >= 4 is 17.0 Å². The molecule has 0 aliphatic carbocycles. The van der Waals surface area contributed by atoms with E-state index in [2.05, 4.69) is 46.5 Å². The summed E-state index contributed by atoms with van der Waals surface area (Å²) in [5.41, 5.74) is 9.50. The molecule has 4 heteroatoms. The van der Waals surface area contributed by atoms with Gasteiger partial charge in [0.25, 0.3) is 0 Å². The number of rotatable bonds is 3. The van der Waals surface area contributed by atoms with Crippen LogP contribution in [-0.4, -0.2) is 34.1 Å². The number of hydrogen-bond donors (Lipinski definition) is 1. The summed E-state index contributed by atoms with van der Waals surface area (Å²) in [6.07, 6.45) is 1.26. The molecular weight excluding hydrogens is 236 g/mol.